The molecule has 2 aromatic heterocycles. The molecule has 0 radical (unpaired) electrons. The molecule has 0 spiro atoms. The maximum Gasteiger partial charge on any atom is 0.344 e. The number of H-pyrrole nitrogens is 1. The highest BCUT2D eigenvalue weighted by Crippen LogP contribution is 2.19. The Morgan fingerprint density at radius 2 is 2.27 bits per heavy atom. The van der Waals surface area contributed by atoms with E-state index in [0.717, 1.165) is 36.9 Å². The average molecular weight is 301 g/mol. The first-order valence-electron chi connectivity index (χ1n) is 7.57. The molecular formula is C16H19N3O3. The van der Waals surface area contributed by atoms with E-state index in [4.69, 9.17) is 4.74 Å². The van der Waals surface area contributed by atoms with Crippen molar-refractivity contribution in [1.82, 2.24) is 14.8 Å². The molecule has 116 valence electrons. The highest BCUT2D eigenvalue weighted by atomic mass is 16.5. The monoisotopic (exact) mass is 301 g/mol. The SMILES string of the molecule is C[C@H](Cn1cccn1)OC(=O)c1cc2c([nH]c1=O)CCCC2. The number of pyridine rings is 1. The lowest BCUT2D eigenvalue weighted by molar-refractivity contribution is 0.0296. The highest BCUT2D eigenvalue weighted by molar-refractivity contribution is 5.89. The van der Waals surface area contributed by atoms with Crippen molar-refractivity contribution in [3.05, 3.63) is 51.7 Å². The number of nitrogens with one attached hydrogen (secondary N) is 1. The number of rotatable bonds is 4. The van der Waals surface area contributed by atoms with Gasteiger partial charge in [-0.05, 0) is 50.3 Å². The number of hydrogen-bond donors (Lipinski definition) is 1. The second-order valence-corrected chi connectivity index (χ2v) is 5.67. The molecule has 0 fully saturated rings. The van der Waals surface area contributed by atoms with Crippen LogP contribution < -0.4 is 5.56 Å². The molecule has 6 nitrogen and oxygen atoms in total. The van der Waals surface area contributed by atoms with E-state index in [1.807, 2.05) is 6.07 Å². The number of esters is 1. The van der Waals surface area contributed by atoms with Crippen LogP contribution in [0.2, 0.25) is 0 Å². The minimum absolute atomic E-state index is 0.0907. The van der Waals surface area contributed by atoms with Gasteiger partial charge in [0.25, 0.3) is 5.56 Å². The van der Waals surface area contributed by atoms with Crippen LogP contribution in [0.3, 0.4) is 0 Å². The van der Waals surface area contributed by atoms with Gasteiger partial charge in [0.1, 0.15) is 11.7 Å². The Kier molecular flexibility index (Phi) is 4.09. The van der Waals surface area contributed by atoms with Crippen LogP contribution in [0.25, 0.3) is 0 Å². The zero-order chi connectivity index (χ0) is 15.5. The second-order valence-electron chi connectivity index (χ2n) is 5.67. The summed E-state index contributed by atoms with van der Waals surface area (Å²) in [5.41, 5.74) is 1.74. The molecule has 2 heterocycles. The van der Waals surface area contributed by atoms with Gasteiger partial charge >= 0.3 is 5.97 Å². The minimum Gasteiger partial charge on any atom is -0.457 e. The molecule has 3 rings (SSSR count). The van der Waals surface area contributed by atoms with E-state index in [-0.39, 0.29) is 17.2 Å². The van der Waals surface area contributed by atoms with Gasteiger partial charge in [0.2, 0.25) is 0 Å². The molecule has 6 heteroatoms. The van der Waals surface area contributed by atoms with E-state index in [9.17, 15) is 9.59 Å². The first-order chi connectivity index (χ1) is 10.6. The normalized spacial score (nSPS) is 15.1. The molecule has 2 aromatic rings. The van der Waals surface area contributed by atoms with Crippen molar-refractivity contribution in [3.63, 3.8) is 0 Å². The zero-order valence-electron chi connectivity index (χ0n) is 12.5. The predicted molar refractivity (Wildman–Crippen MR) is 80.8 cm³/mol. The Bertz CT molecular complexity index is 719. The van der Waals surface area contributed by atoms with E-state index in [1.165, 1.54) is 0 Å². The van der Waals surface area contributed by atoms with Crippen molar-refractivity contribution in [1.29, 1.82) is 0 Å². The summed E-state index contributed by atoms with van der Waals surface area (Å²) in [6.07, 6.45) is 7.04. The van der Waals surface area contributed by atoms with Crippen LogP contribution in [0.15, 0.2) is 29.3 Å². The molecule has 0 aliphatic heterocycles. The highest BCUT2D eigenvalue weighted by Gasteiger charge is 2.20. The van der Waals surface area contributed by atoms with Gasteiger partial charge in [0.05, 0.1) is 6.54 Å². The fraction of sp³-hybridized carbons (Fsp3) is 0.438. The van der Waals surface area contributed by atoms with E-state index in [0.29, 0.717) is 6.54 Å². The molecule has 22 heavy (non-hydrogen) atoms. The summed E-state index contributed by atoms with van der Waals surface area (Å²) in [7, 11) is 0. The summed E-state index contributed by atoms with van der Waals surface area (Å²) >= 11 is 0. The van der Waals surface area contributed by atoms with Crippen LogP contribution in [0.5, 0.6) is 0 Å². The fourth-order valence-electron chi connectivity index (χ4n) is 2.78. The van der Waals surface area contributed by atoms with Gasteiger partial charge in [-0.1, -0.05) is 0 Å². The first kappa shape index (κ1) is 14.6. The van der Waals surface area contributed by atoms with Crippen molar-refractivity contribution in [3.8, 4) is 0 Å². The maximum absolute atomic E-state index is 12.2. The van der Waals surface area contributed by atoms with Crippen molar-refractivity contribution < 1.29 is 9.53 Å². The zero-order valence-corrected chi connectivity index (χ0v) is 12.5. The summed E-state index contributed by atoms with van der Waals surface area (Å²) in [5.74, 6) is -0.575. The Morgan fingerprint density at radius 1 is 1.45 bits per heavy atom. The first-order valence-corrected chi connectivity index (χ1v) is 7.57. The molecular weight excluding hydrogens is 282 g/mol. The van der Waals surface area contributed by atoms with E-state index in [2.05, 4.69) is 10.1 Å². The standard InChI is InChI=1S/C16H19N3O3/c1-11(10-19-8-4-7-17-19)22-16(21)13-9-12-5-2-3-6-14(12)18-15(13)20/h4,7-9,11H,2-3,5-6,10H2,1H3,(H,18,20)/t11-/m1/s1. The van der Waals surface area contributed by atoms with Crippen LogP contribution in [0, 0.1) is 0 Å². The van der Waals surface area contributed by atoms with Gasteiger partial charge in [0, 0.05) is 18.1 Å². The topological polar surface area (TPSA) is 77.0 Å². The molecule has 0 amide bonds. The Hall–Kier alpha value is -2.37. The summed E-state index contributed by atoms with van der Waals surface area (Å²) < 4.78 is 7.05. The lowest BCUT2D eigenvalue weighted by atomic mass is 9.95. The second kappa shape index (κ2) is 6.17. The average Bonchev–Trinajstić information content (AvgIpc) is 2.99. The number of aromatic amines is 1. The van der Waals surface area contributed by atoms with Gasteiger partial charge in [-0.2, -0.15) is 5.10 Å². The lowest BCUT2D eigenvalue weighted by Gasteiger charge is -2.17. The number of carbonyl (C=O) groups excluding carboxylic acids is 1. The quantitative estimate of drug-likeness (QED) is 0.872. The number of ether oxygens (including phenoxy) is 1. The van der Waals surface area contributed by atoms with Gasteiger partial charge in [-0.3, -0.25) is 9.48 Å². The molecule has 1 N–H and O–H groups in total. The van der Waals surface area contributed by atoms with Gasteiger partial charge in [0.15, 0.2) is 0 Å². The third-order valence-corrected chi connectivity index (χ3v) is 3.87. The number of carbonyl (C=O) groups is 1. The van der Waals surface area contributed by atoms with Gasteiger partial charge < -0.3 is 9.72 Å². The Balaban J connectivity index is 1.73. The van der Waals surface area contributed by atoms with Crippen LogP contribution in [0.4, 0.5) is 0 Å². The Morgan fingerprint density at radius 3 is 3.05 bits per heavy atom. The molecule has 1 aliphatic carbocycles. The molecule has 1 aliphatic rings. The summed E-state index contributed by atoms with van der Waals surface area (Å²) in [6, 6.07) is 3.50. The predicted octanol–water partition coefficient (Wildman–Crippen LogP) is 1.70. The van der Waals surface area contributed by atoms with Gasteiger partial charge in [-0.25, -0.2) is 4.79 Å². The Labute approximate surface area is 128 Å². The van der Waals surface area contributed by atoms with Crippen LogP contribution in [-0.2, 0) is 24.1 Å². The van der Waals surface area contributed by atoms with E-state index < -0.39 is 5.97 Å². The van der Waals surface area contributed by atoms with Crippen molar-refractivity contribution in [2.45, 2.75) is 45.3 Å². The molecule has 0 saturated carbocycles. The van der Waals surface area contributed by atoms with Crippen molar-refractivity contribution >= 4 is 5.97 Å². The molecule has 0 bridgehead atoms. The molecule has 0 unspecified atom stereocenters. The molecule has 1 atom stereocenters. The number of aromatic nitrogens is 3. The van der Waals surface area contributed by atoms with Gasteiger partial charge in [-0.15, -0.1) is 0 Å². The number of fused-ring (bicyclic) bond motifs is 1. The third kappa shape index (κ3) is 3.10. The molecule has 0 saturated heterocycles. The summed E-state index contributed by atoms with van der Waals surface area (Å²) in [4.78, 5) is 27.1. The summed E-state index contributed by atoms with van der Waals surface area (Å²) in [5, 5.41) is 4.07. The van der Waals surface area contributed by atoms with Crippen LogP contribution in [0.1, 0.15) is 41.4 Å². The smallest absolute Gasteiger partial charge is 0.344 e. The fourth-order valence-corrected chi connectivity index (χ4v) is 2.78. The number of aryl methyl sites for hydroxylation is 2. The van der Waals surface area contributed by atoms with Crippen molar-refractivity contribution in [2.75, 3.05) is 0 Å². The summed E-state index contributed by atoms with van der Waals surface area (Å²) in [6.45, 7) is 2.24. The number of hydrogen-bond acceptors (Lipinski definition) is 4. The van der Waals surface area contributed by atoms with Crippen LogP contribution >= 0.6 is 0 Å². The van der Waals surface area contributed by atoms with E-state index in [1.54, 1.807) is 30.1 Å². The third-order valence-electron chi connectivity index (χ3n) is 3.87. The molecule has 0 aromatic carbocycles. The van der Waals surface area contributed by atoms with Crippen LogP contribution in [-0.4, -0.2) is 26.8 Å². The van der Waals surface area contributed by atoms with Crippen molar-refractivity contribution in [2.24, 2.45) is 0 Å². The minimum atomic E-state index is -0.575. The number of nitrogens with zero attached hydrogens (tertiary/aromatic N) is 2. The maximum atomic E-state index is 12.2. The largest absolute Gasteiger partial charge is 0.457 e. The lowest BCUT2D eigenvalue weighted by Crippen LogP contribution is -2.27. The van der Waals surface area contributed by atoms with E-state index >= 15 is 0 Å².